The number of anilines is 1. The van der Waals surface area contributed by atoms with Gasteiger partial charge in [-0.3, -0.25) is 0 Å². The van der Waals surface area contributed by atoms with Gasteiger partial charge >= 0.3 is 0 Å². The molecule has 1 saturated carbocycles. The molecule has 1 spiro atoms. The molecular weight excluding hydrogens is 250 g/mol. The van der Waals surface area contributed by atoms with Crippen molar-refractivity contribution in [1.29, 1.82) is 0 Å². The Morgan fingerprint density at radius 3 is 2.47 bits per heavy atom. The summed E-state index contributed by atoms with van der Waals surface area (Å²) in [5.41, 5.74) is 3.45. The number of hydrogen-bond acceptors (Lipinski definition) is 1. The Morgan fingerprint density at radius 2 is 1.93 bits per heavy atom. The molecule has 3 rings (SSSR count). The Kier molecular flexibility index (Phi) is 2.10. The molecule has 1 aliphatic carbocycles. The molecule has 0 aromatic heterocycles. The first-order valence-corrected chi connectivity index (χ1v) is 6.48. The van der Waals surface area contributed by atoms with E-state index in [1.807, 2.05) is 0 Å². The lowest BCUT2D eigenvalue weighted by Gasteiger charge is -2.57. The molecule has 1 saturated heterocycles. The number of aryl methyl sites for hydroxylation is 1. The van der Waals surface area contributed by atoms with Crippen molar-refractivity contribution in [2.24, 2.45) is 5.41 Å². The van der Waals surface area contributed by atoms with Gasteiger partial charge in [0, 0.05) is 28.7 Å². The third-order valence-electron chi connectivity index (χ3n) is 3.86. The average Bonchev–Trinajstić information content (AvgIpc) is 1.95. The normalized spacial score (nSPS) is 22.4. The molecule has 2 heteroatoms. The second kappa shape index (κ2) is 3.24. The fourth-order valence-corrected chi connectivity index (χ4v) is 3.43. The van der Waals surface area contributed by atoms with Gasteiger partial charge in [0.1, 0.15) is 0 Å². The first-order valence-electron chi connectivity index (χ1n) is 5.69. The molecule has 0 unspecified atom stereocenters. The summed E-state index contributed by atoms with van der Waals surface area (Å²) >= 11 is 3.57. The largest absolute Gasteiger partial charge is 0.370 e. The van der Waals surface area contributed by atoms with Gasteiger partial charge in [0.2, 0.25) is 0 Å². The van der Waals surface area contributed by atoms with Crippen molar-refractivity contribution in [3.63, 3.8) is 0 Å². The lowest BCUT2D eigenvalue weighted by Crippen LogP contribution is -2.59. The van der Waals surface area contributed by atoms with Crippen molar-refractivity contribution in [1.82, 2.24) is 0 Å². The summed E-state index contributed by atoms with van der Waals surface area (Å²) in [6.45, 7) is 4.72. The Labute approximate surface area is 99.6 Å². The molecule has 80 valence electrons. The third-order valence-corrected chi connectivity index (χ3v) is 4.32. The van der Waals surface area contributed by atoms with Gasteiger partial charge in [0.25, 0.3) is 0 Å². The molecule has 1 aliphatic heterocycles. The molecule has 0 amide bonds. The van der Waals surface area contributed by atoms with Crippen molar-refractivity contribution < 1.29 is 0 Å². The van der Waals surface area contributed by atoms with E-state index in [9.17, 15) is 0 Å². The van der Waals surface area contributed by atoms with E-state index in [0.29, 0.717) is 0 Å². The molecule has 1 aromatic carbocycles. The maximum Gasteiger partial charge on any atom is 0.0380 e. The molecule has 0 N–H and O–H groups in total. The highest BCUT2D eigenvalue weighted by molar-refractivity contribution is 9.10. The molecule has 0 atom stereocenters. The van der Waals surface area contributed by atoms with E-state index < -0.39 is 0 Å². The fraction of sp³-hybridized carbons (Fsp3) is 0.538. The van der Waals surface area contributed by atoms with Crippen molar-refractivity contribution in [2.75, 3.05) is 18.0 Å². The summed E-state index contributed by atoms with van der Waals surface area (Å²) < 4.78 is 1.20. The van der Waals surface area contributed by atoms with Gasteiger partial charge in [-0.2, -0.15) is 0 Å². The van der Waals surface area contributed by atoms with Gasteiger partial charge in [0.05, 0.1) is 0 Å². The minimum absolute atomic E-state index is 0.718. The smallest absolute Gasteiger partial charge is 0.0380 e. The average molecular weight is 266 g/mol. The first-order chi connectivity index (χ1) is 7.17. The summed E-state index contributed by atoms with van der Waals surface area (Å²) in [5.74, 6) is 0. The van der Waals surface area contributed by atoms with E-state index in [-0.39, 0.29) is 0 Å². The third kappa shape index (κ3) is 1.59. The monoisotopic (exact) mass is 265 g/mol. The topological polar surface area (TPSA) is 3.24 Å². The Hall–Kier alpha value is -0.500. The second-order valence-electron chi connectivity index (χ2n) is 5.20. The van der Waals surface area contributed by atoms with Crippen LogP contribution in [-0.2, 0) is 0 Å². The zero-order valence-electron chi connectivity index (χ0n) is 9.09. The predicted molar refractivity (Wildman–Crippen MR) is 67.4 cm³/mol. The van der Waals surface area contributed by atoms with Crippen molar-refractivity contribution in [3.05, 3.63) is 28.2 Å². The van der Waals surface area contributed by atoms with Crippen LogP contribution in [0.2, 0.25) is 0 Å². The van der Waals surface area contributed by atoms with E-state index in [2.05, 4.69) is 46.0 Å². The summed E-state index contributed by atoms with van der Waals surface area (Å²) in [7, 11) is 0. The van der Waals surface area contributed by atoms with Gasteiger partial charge < -0.3 is 4.90 Å². The highest BCUT2D eigenvalue weighted by atomic mass is 79.9. The van der Waals surface area contributed by atoms with Crippen molar-refractivity contribution in [2.45, 2.75) is 26.2 Å². The first kappa shape index (κ1) is 9.71. The summed E-state index contributed by atoms with van der Waals surface area (Å²) in [4.78, 5) is 2.51. The molecule has 15 heavy (non-hydrogen) atoms. The number of rotatable bonds is 1. The highest BCUT2D eigenvalue weighted by Crippen LogP contribution is 2.49. The van der Waals surface area contributed by atoms with E-state index in [0.717, 1.165) is 5.41 Å². The zero-order chi connectivity index (χ0) is 10.5. The Balaban J connectivity index is 1.77. The molecule has 0 radical (unpaired) electrons. The van der Waals surface area contributed by atoms with E-state index in [1.165, 1.54) is 48.1 Å². The molecule has 2 fully saturated rings. The van der Waals surface area contributed by atoms with Gasteiger partial charge in [-0.25, -0.2) is 0 Å². The second-order valence-corrected chi connectivity index (χ2v) is 6.11. The molecule has 1 nitrogen and oxygen atoms in total. The lowest BCUT2D eigenvalue weighted by molar-refractivity contribution is 0.0904. The summed E-state index contributed by atoms with van der Waals surface area (Å²) in [6.07, 6.45) is 4.36. The van der Waals surface area contributed by atoms with Crippen molar-refractivity contribution >= 4 is 21.6 Å². The molecular formula is C13H16BrN. The van der Waals surface area contributed by atoms with Gasteiger partial charge in [0.15, 0.2) is 0 Å². The zero-order valence-corrected chi connectivity index (χ0v) is 10.7. The minimum atomic E-state index is 0.718. The number of benzene rings is 1. The van der Waals surface area contributed by atoms with Gasteiger partial charge in [-0.05, 0) is 43.5 Å². The fourth-order valence-electron chi connectivity index (χ4n) is 2.84. The van der Waals surface area contributed by atoms with E-state index in [1.54, 1.807) is 0 Å². The van der Waals surface area contributed by atoms with Gasteiger partial charge in [-0.1, -0.05) is 22.4 Å². The Morgan fingerprint density at radius 1 is 1.20 bits per heavy atom. The molecule has 1 aromatic rings. The van der Waals surface area contributed by atoms with Crippen LogP contribution in [0.1, 0.15) is 24.8 Å². The predicted octanol–water partition coefficient (Wildman–Crippen LogP) is 3.75. The van der Waals surface area contributed by atoms with Crippen LogP contribution in [0, 0.1) is 12.3 Å². The van der Waals surface area contributed by atoms with Crippen LogP contribution in [0.4, 0.5) is 5.69 Å². The van der Waals surface area contributed by atoms with E-state index >= 15 is 0 Å². The van der Waals surface area contributed by atoms with Crippen molar-refractivity contribution in [3.8, 4) is 0 Å². The minimum Gasteiger partial charge on any atom is -0.370 e. The number of halogens is 1. The van der Waals surface area contributed by atoms with E-state index in [4.69, 9.17) is 0 Å². The number of hydrogen-bond donors (Lipinski definition) is 0. The summed E-state index contributed by atoms with van der Waals surface area (Å²) in [6, 6.07) is 6.69. The highest BCUT2D eigenvalue weighted by Gasteiger charge is 2.47. The molecule has 2 aliphatic rings. The van der Waals surface area contributed by atoms with Gasteiger partial charge in [-0.15, -0.1) is 0 Å². The van der Waals surface area contributed by atoms with Crippen LogP contribution in [0.5, 0.6) is 0 Å². The summed E-state index contributed by atoms with van der Waals surface area (Å²) in [5, 5.41) is 0. The van der Waals surface area contributed by atoms with Crippen LogP contribution in [0.25, 0.3) is 0 Å². The van der Waals surface area contributed by atoms with Crippen LogP contribution < -0.4 is 4.90 Å². The lowest BCUT2D eigenvalue weighted by atomic mass is 9.63. The number of nitrogens with zero attached hydrogens (tertiary/aromatic N) is 1. The van der Waals surface area contributed by atoms with Crippen LogP contribution in [-0.4, -0.2) is 13.1 Å². The van der Waals surface area contributed by atoms with Crippen LogP contribution in [0.15, 0.2) is 22.7 Å². The molecule has 0 bridgehead atoms. The maximum absolute atomic E-state index is 3.57. The SMILES string of the molecule is Cc1cc(Br)cc(N2CC3(CCC3)C2)c1. The Bertz CT molecular complexity index is 367. The van der Waals surface area contributed by atoms with Crippen LogP contribution >= 0.6 is 15.9 Å². The quantitative estimate of drug-likeness (QED) is 0.748. The molecule has 1 heterocycles. The van der Waals surface area contributed by atoms with Crippen LogP contribution in [0.3, 0.4) is 0 Å². The maximum atomic E-state index is 3.57. The standard InChI is InChI=1S/C13H16BrN/c1-10-5-11(14)7-12(6-10)15-8-13(9-15)3-2-4-13/h5-7H,2-4,8-9H2,1H3.